The lowest BCUT2D eigenvalue weighted by atomic mass is 9.77. The summed E-state index contributed by atoms with van der Waals surface area (Å²) in [5.74, 6) is -0.916. The summed E-state index contributed by atoms with van der Waals surface area (Å²) in [6.45, 7) is 4.81. The molecule has 12 nitrogen and oxygen atoms in total. The Balaban J connectivity index is 1.11. The Morgan fingerprint density at radius 2 is 1.28 bits per heavy atom. The van der Waals surface area contributed by atoms with Crippen LogP contribution in [0.2, 0.25) is 0 Å². The molecule has 0 fully saturated rings. The lowest BCUT2D eigenvalue weighted by Crippen LogP contribution is -2.33. The van der Waals surface area contributed by atoms with E-state index >= 15 is 0 Å². The molecule has 0 aliphatic carbocycles. The minimum atomic E-state index is -1.48. The Morgan fingerprint density at radius 3 is 1.86 bits per heavy atom. The van der Waals surface area contributed by atoms with Gasteiger partial charge in [-0.2, -0.15) is 0 Å². The Labute approximate surface area is 332 Å². The summed E-state index contributed by atoms with van der Waals surface area (Å²) in [5, 5.41) is 5.38. The second-order valence-electron chi connectivity index (χ2n) is 13.3. The molecule has 2 amide bonds. The van der Waals surface area contributed by atoms with Gasteiger partial charge in [-0.25, -0.2) is 9.59 Å². The third-order valence-corrected chi connectivity index (χ3v) is 8.89. The molecule has 0 saturated heterocycles. The fraction of sp³-hybridized carbons (Fsp3) is 0.311. The number of unbranched alkanes of at least 4 members (excludes halogenated alkanes) is 2. The Morgan fingerprint density at radius 1 is 0.719 bits per heavy atom. The zero-order chi connectivity index (χ0) is 40.6. The van der Waals surface area contributed by atoms with Crippen LogP contribution in [0.15, 0.2) is 103 Å². The second-order valence-corrected chi connectivity index (χ2v) is 13.3. The van der Waals surface area contributed by atoms with Crippen molar-refractivity contribution in [1.82, 2.24) is 5.32 Å². The van der Waals surface area contributed by atoms with Crippen molar-refractivity contribution in [2.45, 2.75) is 77.7 Å². The molecule has 57 heavy (non-hydrogen) atoms. The minimum Gasteiger partial charge on any atom is -0.456 e. The summed E-state index contributed by atoms with van der Waals surface area (Å²) in [6, 6.07) is 14.2. The van der Waals surface area contributed by atoms with E-state index in [-0.39, 0.29) is 53.3 Å². The van der Waals surface area contributed by atoms with Gasteiger partial charge >= 0.3 is 24.0 Å². The number of hydrogen-bond donors (Lipinski definition) is 2. The van der Waals surface area contributed by atoms with Gasteiger partial charge in [0.2, 0.25) is 5.91 Å². The van der Waals surface area contributed by atoms with E-state index in [1.54, 1.807) is 36.4 Å². The van der Waals surface area contributed by atoms with E-state index in [1.807, 2.05) is 0 Å². The van der Waals surface area contributed by atoms with Crippen molar-refractivity contribution < 1.29 is 47.7 Å². The molecule has 2 aliphatic heterocycles. The average molecular weight is 777 g/mol. The van der Waals surface area contributed by atoms with Gasteiger partial charge in [-0.3, -0.25) is 19.7 Å². The van der Waals surface area contributed by atoms with Crippen LogP contribution in [0.3, 0.4) is 0 Å². The number of fused-ring (bicyclic) bond motifs is 6. The van der Waals surface area contributed by atoms with E-state index in [9.17, 15) is 24.0 Å². The second kappa shape index (κ2) is 20.5. The quantitative estimate of drug-likeness (QED) is 0.0553. The minimum absolute atomic E-state index is 0.0527. The first-order valence-electron chi connectivity index (χ1n) is 19.1. The van der Waals surface area contributed by atoms with Crippen molar-refractivity contribution in [3.8, 4) is 23.0 Å². The van der Waals surface area contributed by atoms with Gasteiger partial charge in [0.05, 0.1) is 12.1 Å². The van der Waals surface area contributed by atoms with Gasteiger partial charge in [-0.05, 0) is 74.9 Å². The lowest BCUT2D eigenvalue weighted by molar-refractivity contribution is -0.132. The summed E-state index contributed by atoms with van der Waals surface area (Å²) in [6.07, 6.45) is 23.3. The fourth-order valence-corrected chi connectivity index (χ4v) is 6.40. The number of benzene rings is 3. The highest BCUT2D eigenvalue weighted by atomic mass is 16.6. The van der Waals surface area contributed by atoms with Crippen LogP contribution in [-0.4, -0.2) is 43.1 Å². The van der Waals surface area contributed by atoms with Gasteiger partial charge in [-0.15, -0.1) is 0 Å². The Bertz CT molecular complexity index is 2010. The summed E-state index contributed by atoms with van der Waals surface area (Å²) in [4.78, 5) is 61.7. The molecular weight excluding hydrogens is 728 g/mol. The number of carbonyl (C=O) groups is 5. The Kier molecular flexibility index (Phi) is 15.0. The molecule has 12 heteroatoms. The van der Waals surface area contributed by atoms with E-state index < -0.39 is 29.6 Å². The summed E-state index contributed by atoms with van der Waals surface area (Å²) < 4.78 is 28.1. The first kappa shape index (κ1) is 41.7. The van der Waals surface area contributed by atoms with Crippen LogP contribution in [0.4, 0.5) is 10.5 Å². The molecule has 5 rings (SSSR count). The van der Waals surface area contributed by atoms with Crippen molar-refractivity contribution in [1.29, 1.82) is 0 Å². The number of esters is 3. The van der Waals surface area contributed by atoms with Crippen molar-refractivity contribution in [2.75, 3.05) is 18.5 Å². The van der Waals surface area contributed by atoms with Crippen molar-refractivity contribution >= 4 is 35.6 Å². The smallest absolute Gasteiger partial charge is 0.411 e. The number of ether oxygens (including phenoxy) is 5. The predicted octanol–water partition coefficient (Wildman–Crippen LogP) is 9.14. The topological polar surface area (TPSA) is 156 Å². The maximum Gasteiger partial charge on any atom is 0.411 e. The largest absolute Gasteiger partial charge is 0.456 e. The number of allylic oxidation sites excluding steroid dienone is 8. The van der Waals surface area contributed by atoms with E-state index in [0.717, 1.165) is 32.1 Å². The van der Waals surface area contributed by atoms with Crippen molar-refractivity contribution in [3.05, 3.63) is 125 Å². The van der Waals surface area contributed by atoms with Gasteiger partial charge in [0, 0.05) is 54.8 Å². The number of amides is 2. The lowest BCUT2D eigenvalue weighted by Gasteiger charge is -2.36. The molecule has 298 valence electrons. The molecule has 0 aromatic heterocycles. The summed E-state index contributed by atoms with van der Waals surface area (Å²) in [5.41, 5.74) is 0.388. The normalized spacial score (nSPS) is 13.6. The number of rotatable bonds is 18. The summed E-state index contributed by atoms with van der Waals surface area (Å²) >= 11 is 0. The molecule has 2 N–H and O–H groups in total. The molecule has 3 aromatic carbocycles. The summed E-state index contributed by atoms with van der Waals surface area (Å²) in [7, 11) is 0. The van der Waals surface area contributed by atoms with Gasteiger partial charge in [0.1, 0.15) is 29.6 Å². The van der Waals surface area contributed by atoms with E-state index in [2.05, 4.69) is 66.2 Å². The average Bonchev–Trinajstić information content (AvgIpc) is 3.45. The molecule has 1 spiro atoms. The molecule has 0 atom stereocenters. The highest BCUT2D eigenvalue weighted by molar-refractivity contribution is 5.99. The standard InChI is InChI=1S/C45H48N2O10/c1-4-5-6-7-8-9-10-11-12-13-14-15-16-17-18-19-42(50)46-26-27-53-44(52)47-33-20-23-37-36(28-33)43(51)57-45(37)38-24-21-34(54-31(2)48)29-40(38)56-41-30-35(55-32(3)49)22-25-39(41)45/h6-7,9-10,12-13,15-16,20-25,28-30H,4-5,8,11,14,17-19,26-27H2,1-3H3,(H,46,50)(H,47,52)/b7-6-,10-9-,13-12-,16-15-. The zero-order valence-electron chi connectivity index (χ0n) is 32.5. The van der Waals surface area contributed by atoms with Gasteiger partial charge in [0.25, 0.3) is 0 Å². The highest BCUT2D eigenvalue weighted by Crippen LogP contribution is 2.57. The van der Waals surface area contributed by atoms with Crippen molar-refractivity contribution in [3.63, 3.8) is 0 Å². The van der Waals surface area contributed by atoms with Crippen molar-refractivity contribution in [2.24, 2.45) is 0 Å². The molecule has 0 saturated carbocycles. The Hall–Kier alpha value is -6.43. The first-order valence-corrected chi connectivity index (χ1v) is 19.1. The zero-order valence-corrected chi connectivity index (χ0v) is 32.5. The fourth-order valence-electron chi connectivity index (χ4n) is 6.40. The van der Waals surface area contributed by atoms with E-state index in [4.69, 9.17) is 23.7 Å². The number of nitrogens with one attached hydrogen (secondary N) is 2. The molecular formula is C45H48N2O10. The van der Waals surface area contributed by atoms with Crippen LogP contribution >= 0.6 is 0 Å². The third kappa shape index (κ3) is 11.3. The van der Waals surface area contributed by atoms with Gasteiger partial charge in [-0.1, -0.05) is 68.0 Å². The number of hydrogen-bond acceptors (Lipinski definition) is 10. The number of carbonyl (C=O) groups excluding carboxylic acids is 5. The molecule has 0 radical (unpaired) electrons. The predicted molar refractivity (Wildman–Crippen MR) is 214 cm³/mol. The first-order chi connectivity index (χ1) is 27.6. The molecule has 3 aromatic rings. The molecule has 0 unspecified atom stereocenters. The molecule has 2 aliphatic rings. The van der Waals surface area contributed by atoms with Crippen LogP contribution in [0, 0.1) is 0 Å². The molecule has 0 bridgehead atoms. The van der Waals surface area contributed by atoms with Crippen LogP contribution < -0.4 is 24.8 Å². The van der Waals surface area contributed by atoms with Gasteiger partial charge in [0.15, 0.2) is 5.60 Å². The SMILES string of the molecule is CCC/C=C\C/C=C\C/C=C\C/C=C\CCCC(=O)NCCOC(=O)Nc1ccc2c(c1)C(=O)OC21c2ccc(OC(C)=O)cc2Oc2cc(OC(C)=O)ccc21. The molecule has 2 heterocycles. The van der Waals surface area contributed by atoms with E-state index in [0.29, 0.717) is 29.5 Å². The number of anilines is 1. The van der Waals surface area contributed by atoms with Crippen LogP contribution in [0.5, 0.6) is 23.0 Å². The maximum atomic E-state index is 13.5. The third-order valence-electron chi connectivity index (χ3n) is 8.89. The van der Waals surface area contributed by atoms with Crippen LogP contribution in [-0.2, 0) is 29.5 Å². The van der Waals surface area contributed by atoms with Gasteiger partial charge < -0.3 is 29.0 Å². The maximum absolute atomic E-state index is 13.5. The van der Waals surface area contributed by atoms with Crippen LogP contribution in [0.1, 0.15) is 99.2 Å². The highest BCUT2D eigenvalue weighted by Gasteiger charge is 2.53. The van der Waals surface area contributed by atoms with Crippen LogP contribution in [0.25, 0.3) is 0 Å². The monoisotopic (exact) mass is 776 g/mol. The van der Waals surface area contributed by atoms with E-state index in [1.165, 1.54) is 38.5 Å².